The maximum Gasteiger partial charge on any atom is 0.328 e. The van der Waals surface area contributed by atoms with Gasteiger partial charge in [0.2, 0.25) is 5.96 Å². The standard InChI is InChI=1S/C41H49N5O7S/c1-26-27(2)36(28(3)31-22-23-41(4,5)53-35(26)31)54(50,51)45-40(42)43-24-14-13-21-33(39(49)52-6)44-37(47)32-20-15-25-46(38(32)48)34(29-16-9-7-10-17-29)30-18-11-8-12-19-30/h7-12,15-20,25,33-34H,13-14,21-24H2,1-6H3,(H,44,47)(H3,42,43,45)/t33-/m0/s1. The SMILES string of the molecule is COC(=O)[C@H](CCCCN=C(N)NS(=O)(=O)c1c(C)c(C)c2c(c1C)CCC(C)(C)O2)NC(=O)c1cccn(C(c2ccccc2)c2ccccc2)c1=O. The molecule has 1 aromatic heterocycles. The van der Waals surface area contributed by atoms with Crippen molar-refractivity contribution in [3.05, 3.63) is 128 Å². The van der Waals surface area contributed by atoms with Crippen molar-refractivity contribution in [2.75, 3.05) is 13.7 Å². The van der Waals surface area contributed by atoms with Crippen LogP contribution >= 0.6 is 0 Å². The molecule has 0 saturated heterocycles. The zero-order chi connectivity index (χ0) is 39.2. The molecular weight excluding hydrogens is 707 g/mol. The number of hydrogen-bond donors (Lipinski definition) is 3. The summed E-state index contributed by atoms with van der Waals surface area (Å²) in [4.78, 5) is 44.4. The van der Waals surface area contributed by atoms with E-state index >= 15 is 0 Å². The molecule has 0 aliphatic carbocycles. The van der Waals surface area contributed by atoms with E-state index in [1.165, 1.54) is 17.7 Å². The lowest BCUT2D eigenvalue weighted by molar-refractivity contribution is -0.143. The van der Waals surface area contributed by atoms with Gasteiger partial charge in [-0.15, -0.1) is 0 Å². The predicted octanol–water partition coefficient (Wildman–Crippen LogP) is 5.25. The Morgan fingerprint density at radius 3 is 2.19 bits per heavy atom. The fourth-order valence-electron chi connectivity index (χ4n) is 6.93. The van der Waals surface area contributed by atoms with E-state index in [4.69, 9.17) is 15.2 Å². The second-order valence-corrected chi connectivity index (χ2v) is 15.8. The Morgan fingerprint density at radius 1 is 0.944 bits per heavy atom. The number of nitrogens with one attached hydrogen (secondary N) is 2. The normalized spacial score (nSPS) is 14.5. The van der Waals surface area contributed by atoms with Gasteiger partial charge in [-0.3, -0.25) is 14.6 Å². The van der Waals surface area contributed by atoms with Crippen molar-refractivity contribution < 1.29 is 27.5 Å². The van der Waals surface area contributed by atoms with Crippen LogP contribution in [0.15, 0.2) is 93.7 Å². The summed E-state index contributed by atoms with van der Waals surface area (Å²) in [5.74, 6) is -0.894. The molecule has 1 atom stereocenters. The molecule has 286 valence electrons. The number of unbranched alkanes of at least 4 members (excludes halogenated alkanes) is 1. The van der Waals surface area contributed by atoms with Gasteiger partial charge >= 0.3 is 5.97 Å². The smallest absolute Gasteiger partial charge is 0.328 e. The first-order chi connectivity index (χ1) is 25.6. The van der Waals surface area contributed by atoms with Crippen LogP contribution in [0.3, 0.4) is 0 Å². The summed E-state index contributed by atoms with van der Waals surface area (Å²) in [5.41, 5.74) is 9.66. The van der Waals surface area contributed by atoms with Crippen LogP contribution in [0.1, 0.15) is 89.3 Å². The predicted molar refractivity (Wildman–Crippen MR) is 208 cm³/mol. The van der Waals surface area contributed by atoms with Crippen LogP contribution in [-0.4, -0.2) is 56.1 Å². The number of carbonyl (C=O) groups is 2. The third-order valence-corrected chi connectivity index (χ3v) is 11.5. The lowest BCUT2D eigenvalue weighted by atomic mass is 9.88. The molecule has 0 radical (unpaired) electrons. The molecule has 1 amide bonds. The summed E-state index contributed by atoms with van der Waals surface area (Å²) in [6.45, 7) is 9.59. The number of amides is 1. The summed E-state index contributed by atoms with van der Waals surface area (Å²) < 4.78 is 42.2. The lowest BCUT2D eigenvalue weighted by Crippen LogP contribution is -2.44. The first-order valence-corrected chi connectivity index (χ1v) is 19.5. The molecule has 0 unspecified atom stereocenters. The molecule has 54 heavy (non-hydrogen) atoms. The van der Waals surface area contributed by atoms with Crippen LogP contribution in [0.4, 0.5) is 0 Å². The fraction of sp³-hybridized carbons (Fsp3) is 0.366. The number of fused-ring (bicyclic) bond motifs is 1. The lowest BCUT2D eigenvalue weighted by Gasteiger charge is -2.35. The molecule has 4 N–H and O–H groups in total. The molecule has 0 bridgehead atoms. The van der Waals surface area contributed by atoms with E-state index < -0.39 is 39.5 Å². The molecule has 4 aromatic rings. The van der Waals surface area contributed by atoms with E-state index in [-0.39, 0.29) is 35.0 Å². The first kappa shape index (κ1) is 39.8. The van der Waals surface area contributed by atoms with Crippen molar-refractivity contribution in [2.45, 2.75) is 89.3 Å². The van der Waals surface area contributed by atoms with E-state index in [2.05, 4.69) is 15.0 Å². The summed E-state index contributed by atoms with van der Waals surface area (Å²) in [7, 11) is -2.84. The molecule has 5 rings (SSSR count). The van der Waals surface area contributed by atoms with Gasteiger partial charge in [-0.2, -0.15) is 0 Å². The van der Waals surface area contributed by atoms with Gasteiger partial charge in [0.25, 0.3) is 21.5 Å². The average Bonchev–Trinajstić information content (AvgIpc) is 3.14. The van der Waals surface area contributed by atoms with Crippen LogP contribution in [0, 0.1) is 20.8 Å². The number of benzene rings is 3. The summed E-state index contributed by atoms with van der Waals surface area (Å²) >= 11 is 0. The number of methoxy groups -OCH3 is 1. The van der Waals surface area contributed by atoms with Crippen molar-refractivity contribution >= 4 is 27.9 Å². The monoisotopic (exact) mass is 755 g/mol. The first-order valence-electron chi connectivity index (χ1n) is 18.0. The van der Waals surface area contributed by atoms with E-state index in [1.807, 2.05) is 81.4 Å². The molecule has 1 aliphatic rings. The Labute approximate surface area is 316 Å². The van der Waals surface area contributed by atoms with Gasteiger partial charge in [-0.1, -0.05) is 60.7 Å². The van der Waals surface area contributed by atoms with Gasteiger partial charge in [0.05, 0.1) is 18.0 Å². The number of nitrogens with zero attached hydrogens (tertiary/aromatic N) is 2. The second-order valence-electron chi connectivity index (χ2n) is 14.1. The van der Waals surface area contributed by atoms with Crippen LogP contribution in [-0.2, 0) is 26.0 Å². The van der Waals surface area contributed by atoms with Crippen molar-refractivity contribution in [2.24, 2.45) is 10.7 Å². The molecule has 3 aromatic carbocycles. The van der Waals surface area contributed by atoms with Gasteiger partial charge in [-0.05, 0) is 112 Å². The minimum absolute atomic E-state index is 0.121. The van der Waals surface area contributed by atoms with Gasteiger partial charge in [0, 0.05) is 12.7 Å². The van der Waals surface area contributed by atoms with Crippen LogP contribution in [0.2, 0.25) is 0 Å². The highest BCUT2D eigenvalue weighted by Gasteiger charge is 2.34. The van der Waals surface area contributed by atoms with E-state index in [9.17, 15) is 22.8 Å². The van der Waals surface area contributed by atoms with E-state index in [1.54, 1.807) is 26.1 Å². The Hall–Kier alpha value is -5.43. The van der Waals surface area contributed by atoms with Crippen molar-refractivity contribution in [3.8, 4) is 5.75 Å². The molecule has 2 heterocycles. The van der Waals surface area contributed by atoms with Gasteiger partial charge in [0.1, 0.15) is 23.0 Å². The second kappa shape index (κ2) is 16.7. The fourth-order valence-corrected chi connectivity index (χ4v) is 8.45. The number of pyridine rings is 1. The Balaban J connectivity index is 1.23. The largest absolute Gasteiger partial charge is 0.487 e. The minimum Gasteiger partial charge on any atom is -0.487 e. The highest BCUT2D eigenvalue weighted by atomic mass is 32.2. The topological polar surface area (TPSA) is 171 Å². The third kappa shape index (κ3) is 8.84. The van der Waals surface area contributed by atoms with E-state index in [0.29, 0.717) is 30.4 Å². The average molecular weight is 756 g/mol. The molecule has 1 aliphatic heterocycles. The number of guanidine groups is 1. The number of hydrogen-bond acceptors (Lipinski definition) is 8. The number of esters is 1. The van der Waals surface area contributed by atoms with Crippen molar-refractivity contribution in [3.63, 3.8) is 0 Å². The number of sulfonamides is 1. The molecule has 13 heteroatoms. The zero-order valence-corrected chi connectivity index (χ0v) is 32.5. The van der Waals surface area contributed by atoms with Gasteiger partial charge in [-0.25, -0.2) is 17.9 Å². The summed E-state index contributed by atoms with van der Waals surface area (Å²) in [5, 5.41) is 2.67. The minimum atomic E-state index is -4.06. The number of aliphatic imine (C=N–C) groups is 1. The quantitative estimate of drug-likeness (QED) is 0.0719. The van der Waals surface area contributed by atoms with E-state index in [0.717, 1.165) is 34.4 Å². The van der Waals surface area contributed by atoms with Crippen LogP contribution in [0.25, 0.3) is 0 Å². The Bertz CT molecular complexity index is 2160. The van der Waals surface area contributed by atoms with Crippen molar-refractivity contribution in [1.29, 1.82) is 0 Å². The van der Waals surface area contributed by atoms with Crippen LogP contribution < -0.4 is 26.1 Å². The molecular formula is C41H49N5O7S. The van der Waals surface area contributed by atoms with Crippen LogP contribution in [0.5, 0.6) is 5.75 Å². The molecule has 12 nitrogen and oxygen atoms in total. The highest BCUT2D eigenvalue weighted by Crippen LogP contribution is 2.42. The number of rotatable bonds is 13. The van der Waals surface area contributed by atoms with Gasteiger partial charge in [0.15, 0.2) is 0 Å². The zero-order valence-electron chi connectivity index (χ0n) is 31.6. The van der Waals surface area contributed by atoms with Gasteiger partial charge < -0.3 is 25.1 Å². The molecule has 0 fully saturated rings. The number of carbonyl (C=O) groups excluding carboxylic acids is 2. The molecule has 0 spiro atoms. The number of ether oxygens (including phenoxy) is 2. The Kier molecular flexibility index (Phi) is 12.3. The number of aromatic nitrogens is 1. The summed E-state index contributed by atoms with van der Waals surface area (Å²) in [6.07, 6.45) is 4.10. The molecule has 0 saturated carbocycles. The summed E-state index contributed by atoms with van der Waals surface area (Å²) in [6, 6.07) is 20.6. The third-order valence-electron chi connectivity index (χ3n) is 9.88. The van der Waals surface area contributed by atoms with Crippen molar-refractivity contribution in [1.82, 2.24) is 14.6 Å². The Morgan fingerprint density at radius 2 is 1.57 bits per heavy atom. The number of nitrogens with two attached hydrogens (primary N) is 1. The maximum absolute atomic E-state index is 13.8. The maximum atomic E-state index is 13.8. The highest BCUT2D eigenvalue weighted by molar-refractivity contribution is 7.90.